The van der Waals surface area contributed by atoms with Gasteiger partial charge < -0.3 is 23.7 Å². The molecule has 0 aromatic heterocycles. The van der Waals surface area contributed by atoms with Crippen LogP contribution in [0.4, 0.5) is 4.39 Å². The maximum atomic E-state index is 13.9. The third-order valence-electron chi connectivity index (χ3n) is 4.31. The molecule has 0 aliphatic carbocycles. The van der Waals surface area contributed by atoms with Gasteiger partial charge in [0.25, 0.3) is 0 Å². The van der Waals surface area contributed by atoms with Gasteiger partial charge in [-0.3, -0.25) is 4.79 Å². The van der Waals surface area contributed by atoms with Crippen LogP contribution in [0.2, 0.25) is 0 Å². The number of alkyl halides is 1. The fourth-order valence-corrected chi connectivity index (χ4v) is 3.24. The van der Waals surface area contributed by atoms with E-state index in [4.69, 9.17) is 35.3 Å². The second-order valence-corrected chi connectivity index (χ2v) is 7.03. The number of rotatable bonds is 6. The molecule has 26 heavy (non-hydrogen) atoms. The summed E-state index contributed by atoms with van der Waals surface area (Å²) < 4.78 is 42.5. The molecule has 0 saturated carbocycles. The first-order valence-corrected chi connectivity index (χ1v) is 8.96. The molecule has 0 unspecified atom stereocenters. The molecule has 144 valence electrons. The fraction of sp³-hybridized carbons (Fsp3) is 0.611. The molecular formula is C18H22ClFO6. The number of ether oxygens (including phenoxy) is 5. The summed E-state index contributed by atoms with van der Waals surface area (Å²) in [6, 6.07) is 6.36. The molecule has 6 nitrogen and oxygen atoms in total. The summed E-state index contributed by atoms with van der Waals surface area (Å²) in [6.45, 7) is 5.25. The number of benzene rings is 1. The highest BCUT2D eigenvalue weighted by Crippen LogP contribution is 2.40. The van der Waals surface area contributed by atoms with Crippen LogP contribution in [0, 0.1) is 5.82 Å². The Kier molecular flexibility index (Phi) is 5.84. The molecule has 3 rings (SSSR count). The van der Waals surface area contributed by atoms with Crippen molar-refractivity contribution in [1.29, 1.82) is 0 Å². The van der Waals surface area contributed by atoms with Gasteiger partial charge in [-0.25, -0.2) is 4.39 Å². The number of hydrogen-bond acceptors (Lipinski definition) is 6. The van der Waals surface area contributed by atoms with E-state index in [-0.39, 0.29) is 18.3 Å². The number of fused-ring (bicyclic) bond motifs is 1. The summed E-state index contributed by atoms with van der Waals surface area (Å²) in [5.74, 6) is -2.00. The smallest absolute Gasteiger partial charge is 0.321 e. The molecule has 0 bridgehead atoms. The molecular weight excluding hydrogens is 367 g/mol. The van der Waals surface area contributed by atoms with Crippen LogP contribution in [-0.4, -0.2) is 48.3 Å². The highest BCUT2D eigenvalue weighted by atomic mass is 35.5. The number of hydrogen-bond donors (Lipinski definition) is 0. The maximum Gasteiger partial charge on any atom is 0.321 e. The average Bonchev–Trinajstić information content (AvgIpc) is 3.06. The Balaban J connectivity index is 1.74. The van der Waals surface area contributed by atoms with Crippen molar-refractivity contribution in [3.63, 3.8) is 0 Å². The highest BCUT2D eigenvalue weighted by Gasteiger charge is 2.57. The van der Waals surface area contributed by atoms with Crippen LogP contribution in [0.1, 0.15) is 26.3 Å². The highest BCUT2D eigenvalue weighted by molar-refractivity contribution is 6.26. The standard InChI is InChI=1S/C18H22ClFO6/c1-10(23-13(21)8-19)14-15(16-17(24-14)26-18(2,3)25-16)22-9-11-6-4-5-7-12(11)20/h4-7,10,14-17H,8-9H2,1-3H3/t10-,14-,15+,16-,17-/m1/s1. The van der Waals surface area contributed by atoms with Crippen LogP contribution in [0.25, 0.3) is 0 Å². The Labute approximate surface area is 156 Å². The topological polar surface area (TPSA) is 63.2 Å². The van der Waals surface area contributed by atoms with Crippen molar-refractivity contribution >= 4 is 17.6 Å². The molecule has 0 spiro atoms. The summed E-state index contributed by atoms with van der Waals surface area (Å²) in [5, 5.41) is 0. The molecule has 1 aromatic rings. The van der Waals surface area contributed by atoms with E-state index in [2.05, 4.69) is 0 Å². The lowest BCUT2D eigenvalue weighted by Gasteiger charge is -2.29. The number of esters is 1. The van der Waals surface area contributed by atoms with Crippen molar-refractivity contribution < 1.29 is 32.9 Å². The summed E-state index contributed by atoms with van der Waals surface area (Å²) in [6.07, 6.45) is -3.02. The normalized spacial score (nSPS) is 30.8. The minimum absolute atomic E-state index is 0.0282. The molecule has 0 amide bonds. The lowest BCUT2D eigenvalue weighted by molar-refractivity contribution is -0.232. The zero-order chi connectivity index (χ0) is 18.9. The van der Waals surface area contributed by atoms with Gasteiger partial charge in [0.2, 0.25) is 0 Å². The van der Waals surface area contributed by atoms with Crippen molar-refractivity contribution in [3.8, 4) is 0 Å². The van der Waals surface area contributed by atoms with E-state index in [9.17, 15) is 9.18 Å². The van der Waals surface area contributed by atoms with Gasteiger partial charge >= 0.3 is 5.97 Å². The van der Waals surface area contributed by atoms with Gasteiger partial charge in [-0.2, -0.15) is 0 Å². The second-order valence-electron chi connectivity index (χ2n) is 6.76. The van der Waals surface area contributed by atoms with E-state index < -0.39 is 42.5 Å². The minimum Gasteiger partial charge on any atom is -0.459 e. The monoisotopic (exact) mass is 388 g/mol. The lowest BCUT2D eigenvalue weighted by atomic mass is 10.1. The van der Waals surface area contributed by atoms with Crippen LogP contribution in [0.3, 0.4) is 0 Å². The zero-order valence-electron chi connectivity index (χ0n) is 14.8. The van der Waals surface area contributed by atoms with Crippen LogP contribution >= 0.6 is 11.6 Å². The van der Waals surface area contributed by atoms with Crippen molar-refractivity contribution in [2.75, 3.05) is 5.88 Å². The molecule has 5 atom stereocenters. The number of carbonyl (C=O) groups excluding carboxylic acids is 1. The van der Waals surface area contributed by atoms with Gasteiger partial charge in [0, 0.05) is 5.56 Å². The first-order chi connectivity index (χ1) is 12.3. The first-order valence-electron chi connectivity index (χ1n) is 8.42. The Hall–Kier alpha value is -1.25. The molecule has 0 radical (unpaired) electrons. The zero-order valence-corrected chi connectivity index (χ0v) is 15.6. The van der Waals surface area contributed by atoms with Crippen molar-refractivity contribution in [1.82, 2.24) is 0 Å². The average molecular weight is 389 g/mol. The second kappa shape index (κ2) is 7.78. The lowest BCUT2D eigenvalue weighted by Crippen LogP contribution is -2.43. The molecule has 2 heterocycles. The minimum atomic E-state index is -0.823. The quantitative estimate of drug-likeness (QED) is 0.551. The number of carbonyl (C=O) groups is 1. The first kappa shape index (κ1) is 19.5. The third-order valence-corrected chi connectivity index (χ3v) is 4.52. The molecule has 2 saturated heterocycles. The van der Waals surface area contributed by atoms with E-state index >= 15 is 0 Å². The van der Waals surface area contributed by atoms with Gasteiger partial charge in [-0.1, -0.05) is 18.2 Å². The Morgan fingerprint density at radius 1 is 1.35 bits per heavy atom. The summed E-state index contributed by atoms with van der Waals surface area (Å²) in [4.78, 5) is 11.5. The van der Waals surface area contributed by atoms with Crippen molar-refractivity contribution in [3.05, 3.63) is 35.6 Å². The Bertz CT molecular complexity index is 654. The molecule has 2 aliphatic heterocycles. The molecule has 0 N–H and O–H groups in total. The third kappa shape index (κ3) is 4.18. The van der Waals surface area contributed by atoms with Gasteiger partial charge in [-0.15, -0.1) is 11.6 Å². The van der Waals surface area contributed by atoms with Gasteiger partial charge in [0.15, 0.2) is 12.1 Å². The van der Waals surface area contributed by atoms with E-state index in [0.29, 0.717) is 5.56 Å². The largest absolute Gasteiger partial charge is 0.459 e. The van der Waals surface area contributed by atoms with Crippen molar-refractivity contribution in [2.45, 2.75) is 63.9 Å². The summed E-state index contributed by atoms with van der Waals surface area (Å²) in [5.41, 5.74) is 0.415. The number of halogens is 2. The van der Waals surface area contributed by atoms with Gasteiger partial charge in [0.05, 0.1) is 6.61 Å². The Morgan fingerprint density at radius 3 is 2.77 bits per heavy atom. The summed E-state index contributed by atoms with van der Waals surface area (Å²) in [7, 11) is 0. The van der Waals surface area contributed by atoms with Crippen LogP contribution < -0.4 is 0 Å². The van der Waals surface area contributed by atoms with Crippen molar-refractivity contribution in [2.24, 2.45) is 0 Å². The predicted molar refractivity (Wildman–Crippen MR) is 89.9 cm³/mol. The molecule has 1 aromatic carbocycles. The Morgan fingerprint density at radius 2 is 2.08 bits per heavy atom. The van der Waals surface area contributed by atoms with Gasteiger partial charge in [0.1, 0.15) is 36.1 Å². The maximum absolute atomic E-state index is 13.9. The van der Waals surface area contributed by atoms with E-state index in [1.807, 2.05) is 0 Å². The SMILES string of the molecule is C[C@@H](OC(=O)CCl)[C@H]1O[C@@H]2OC(C)(C)O[C@@H]2[C@H]1OCc1ccccc1F. The molecule has 8 heteroatoms. The van der Waals surface area contributed by atoms with E-state index in [0.717, 1.165) is 0 Å². The van der Waals surface area contributed by atoms with E-state index in [1.165, 1.54) is 6.07 Å². The van der Waals surface area contributed by atoms with Crippen LogP contribution in [0.15, 0.2) is 24.3 Å². The van der Waals surface area contributed by atoms with Crippen LogP contribution in [-0.2, 0) is 35.1 Å². The van der Waals surface area contributed by atoms with E-state index in [1.54, 1.807) is 39.0 Å². The molecule has 2 aliphatic rings. The van der Waals surface area contributed by atoms with Gasteiger partial charge in [-0.05, 0) is 26.8 Å². The fourth-order valence-electron chi connectivity index (χ4n) is 3.18. The summed E-state index contributed by atoms with van der Waals surface area (Å²) >= 11 is 5.49. The molecule has 2 fully saturated rings. The van der Waals surface area contributed by atoms with Crippen LogP contribution in [0.5, 0.6) is 0 Å². The predicted octanol–water partition coefficient (Wildman–Crippen LogP) is 2.76.